The standard InChI is InChI=1S/C14H18F3NO5/c1-3-22-10(19)7-9(18-8-5-6-8)11(13(21)23-4-2)12(20)14(15,16)17/h8,20H,3-7H2,1-2H3/b12-11+,18-9?. The summed E-state index contributed by atoms with van der Waals surface area (Å²) < 4.78 is 47.7. The number of hydrogen-bond acceptors (Lipinski definition) is 6. The van der Waals surface area contributed by atoms with Crippen LogP contribution < -0.4 is 0 Å². The van der Waals surface area contributed by atoms with Crippen LogP contribution in [0.1, 0.15) is 33.1 Å². The Labute approximate surface area is 131 Å². The lowest BCUT2D eigenvalue weighted by molar-refractivity contribution is -0.142. The van der Waals surface area contributed by atoms with E-state index in [0.717, 1.165) is 0 Å². The highest BCUT2D eigenvalue weighted by Crippen LogP contribution is 2.30. The third-order valence-electron chi connectivity index (χ3n) is 2.78. The number of allylic oxidation sites excluding steroid dienone is 1. The van der Waals surface area contributed by atoms with Crippen LogP contribution in [0.3, 0.4) is 0 Å². The van der Waals surface area contributed by atoms with Crippen LogP contribution in [0.4, 0.5) is 13.2 Å². The number of halogens is 3. The molecule has 1 saturated carbocycles. The number of esters is 2. The third-order valence-corrected chi connectivity index (χ3v) is 2.78. The second kappa shape index (κ2) is 7.98. The van der Waals surface area contributed by atoms with Crippen LogP contribution in [0.2, 0.25) is 0 Å². The lowest BCUT2D eigenvalue weighted by Crippen LogP contribution is -2.27. The quantitative estimate of drug-likeness (QED) is 0.334. The maximum Gasteiger partial charge on any atom is 0.449 e. The Morgan fingerprint density at radius 3 is 2.17 bits per heavy atom. The topological polar surface area (TPSA) is 85.2 Å². The summed E-state index contributed by atoms with van der Waals surface area (Å²) in [6.45, 7) is 2.77. The molecule has 130 valence electrons. The van der Waals surface area contributed by atoms with Crippen LogP contribution in [0.5, 0.6) is 0 Å². The van der Waals surface area contributed by atoms with Crippen molar-refractivity contribution in [1.29, 1.82) is 0 Å². The van der Waals surface area contributed by atoms with Gasteiger partial charge >= 0.3 is 18.1 Å². The van der Waals surface area contributed by atoms with Crippen LogP contribution in [0.15, 0.2) is 16.3 Å². The van der Waals surface area contributed by atoms with Gasteiger partial charge in [-0.3, -0.25) is 9.79 Å². The Bertz CT molecular complexity index is 521. The van der Waals surface area contributed by atoms with Crippen molar-refractivity contribution in [1.82, 2.24) is 0 Å². The fourth-order valence-corrected chi connectivity index (χ4v) is 1.67. The van der Waals surface area contributed by atoms with Crippen LogP contribution >= 0.6 is 0 Å². The summed E-state index contributed by atoms with van der Waals surface area (Å²) in [4.78, 5) is 27.4. The highest BCUT2D eigenvalue weighted by atomic mass is 19.4. The summed E-state index contributed by atoms with van der Waals surface area (Å²) in [7, 11) is 0. The summed E-state index contributed by atoms with van der Waals surface area (Å²) in [5.41, 5.74) is -1.61. The summed E-state index contributed by atoms with van der Waals surface area (Å²) in [6.07, 6.45) is -4.55. The van der Waals surface area contributed by atoms with Gasteiger partial charge in [-0.2, -0.15) is 13.2 Å². The first-order valence-electron chi connectivity index (χ1n) is 7.10. The number of aliphatic imine (C=N–C) groups is 1. The lowest BCUT2D eigenvalue weighted by atomic mass is 10.1. The molecule has 0 aromatic rings. The molecule has 1 aliphatic carbocycles. The molecule has 0 aromatic heterocycles. The van der Waals surface area contributed by atoms with E-state index in [-0.39, 0.29) is 19.3 Å². The Balaban J connectivity index is 3.27. The van der Waals surface area contributed by atoms with Crippen LogP contribution in [0.25, 0.3) is 0 Å². The molecule has 23 heavy (non-hydrogen) atoms. The third kappa shape index (κ3) is 5.91. The zero-order chi connectivity index (χ0) is 17.6. The molecule has 0 atom stereocenters. The van der Waals surface area contributed by atoms with E-state index < -0.39 is 41.6 Å². The van der Waals surface area contributed by atoms with Gasteiger partial charge in [-0.25, -0.2) is 4.79 Å². The number of alkyl halides is 3. The van der Waals surface area contributed by atoms with Gasteiger partial charge in [0.05, 0.1) is 31.4 Å². The normalized spacial score (nSPS) is 16.7. The number of carbonyl (C=O) groups is 2. The first-order valence-corrected chi connectivity index (χ1v) is 7.10. The second-order valence-electron chi connectivity index (χ2n) is 4.73. The van der Waals surface area contributed by atoms with Gasteiger partial charge in [-0.1, -0.05) is 0 Å². The van der Waals surface area contributed by atoms with Crippen LogP contribution in [0, 0.1) is 0 Å². The van der Waals surface area contributed by atoms with Gasteiger partial charge in [0.15, 0.2) is 0 Å². The molecule has 1 fully saturated rings. The minimum Gasteiger partial charge on any atom is -0.504 e. The smallest absolute Gasteiger partial charge is 0.449 e. The molecule has 6 nitrogen and oxygen atoms in total. The molecule has 0 amide bonds. The van der Waals surface area contributed by atoms with Gasteiger partial charge in [0.25, 0.3) is 0 Å². The Kier molecular flexibility index (Phi) is 6.59. The first-order chi connectivity index (χ1) is 10.7. The van der Waals surface area contributed by atoms with Crippen molar-refractivity contribution in [3.63, 3.8) is 0 Å². The van der Waals surface area contributed by atoms with Crippen molar-refractivity contribution < 1.29 is 37.3 Å². The predicted molar refractivity (Wildman–Crippen MR) is 74.0 cm³/mol. The van der Waals surface area contributed by atoms with Crippen molar-refractivity contribution >= 4 is 17.7 Å². The summed E-state index contributed by atoms with van der Waals surface area (Å²) in [5, 5.41) is 9.41. The van der Waals surface area contributed by atoms with Crippen molar-refractivity contribution in [2.75, 3.05) is 13.2 Å². The van der Waals surface area contributed by atoms with Crippen molar-refractivity contribution in [3.05, 3.63) is 11.3 Å². The second-order valence-corrected chi connectivity index (χ2v) is 4.73. The average Bonchev–Trinajstić information content (AvgIpc) is 3.22. The van der Waals surface area contributed by atoms with E-state index in [1.165, 1.54) is 13.8 Å². The van der Waals surface area contributed by atoms with Crippen molar-refractivity contribution in [2.24, 2.45) is 4.99 Å². The van der Waals surface area contributed by atoms with Gasteiger partial charge in [0.2, 0.25) is 5.76 Å². The van der Waals surface area contributed by atoms with E-state index in [9.17, 15) is 27.9 Å². The van der Waals surface area contributed by atoms with E-state index in [4.69, 9.17) is 0 Å². The van der Waals surface area contributed by atoms with E-state index in [1.54, 1.807) is 0 Å². The highest BCUT2D eigenvalue weighted by molar-refractivity contribution is 6.24. The molecule has 1 N–H and O–H groups in total. The molecule has 0 aliphatic heterocycles. The van der Waals surface area contributed by atoms with Gasteiger partial charge in [-0.05, 0) is 26.7 Å². The summed E-state index contributed by atoms with van der Waals surface area (Å²) >= 11 is 0. The monoisotopic (exact) mass is 337 g/mol. The molecule has 0 heterocycles. The van der Waals surface area contributed by atoms with E-state index in [1.807, 2.05) is 0 Å². The van der Waals surface area contributed by atoms with Crippen molar-refractivity contribution in [3.8, 4) is 0 Å². The Morgan fingerprint density at radius 2 is 1.74 bits per heavy atom. The average molecular weight is 337 g/mol. The predicted octanol–water partition coefficient (Wildman–Crippen LogP) is 2.48. The molecular weight excluding hydrogens is 319 g/mol. The Morgan fingerprint density at radius 1 is 1.17 bits per heavy atom. The zero-order valence-corrected chi connectivity index (χ0v) is 12.8. The fourth-order valence-electron chi connectivity index (χ4n) is 1.67. The van der Waals surface area contributed by atoms with Crippen LogP contribution in [-0.2, 0) is 19.1 Å². The molecule has 0 radical (unpaired) electrons. The SMILES string of the molecule is CCOC(=O)CC(=NC1CC1)/C(C(=O)OCC)=C(\O)C(F)(F)F. The molecule has 0 spiro atoms. The number of aliphatic hydroxyl groups excluding tert-OH is 1. The van der Waals surface area contributed by atoms with Gasteiger partial charge < -0.3 is 14.6 Å². The molecule has 0 aromatic carbocycles. The number of ether oxygens (including phenoxy) is 2. The van der Waals surface area contributed by atoms with E-state index >= 15 is 0 Å². The minimum atomic E-state index is -5.17. The molecule has 0 bridgehead atoms. The number of nitrogens with zero attached hydrogens (tertiary/aromatic N) is 1. The number of hydrogen-bond donors (Lipinski definition) is 1. The van der Waals surface area contributed by atoms with Gasteiger partial charge in [-0.15, -0.1) is 0 Å². The minimum absolute atomic E-state index is 0.0270. The van der Waals surface area contributed by atoms with Crippen molar-refractivity contribution in [2.45, 2.75) is 45.3 Å². The van der Waals surface area contributed by atoms with E-state index in [2.05, 4.69) is 14.5 Å². The lowest BCUT2D eigenvalue weighted by Gasteiger charge is -2.14. The van der Waals surface area contributed by atoms with Crippen LogP contribution in [-0.4, -0.2) is 48.2 Å². The maximum absolute atomic E-state index is 12.8. The number of rotatable bonds is 7. The van der Waals surface area contributed by atoms with E-state index in [0.29, 0.717) is 12.8 Å². The number of aliphatic hydroxyl groups is 1. The summed E-state index contributed by atoms with van der Waals surface area (Å²) in [5.74, 6) is -4.35. The van der Waals surface area contributed by atoms with Gasteiger partial charge in [0, 0.05) is 0 Å². The van der Waals surface area contributed by atoms with Gasteiger partial charge in [0.1, 0.15) is 5.57 Å². The summed E-state index contributed by atoms with van der Waals surface area (Å²) in [6, 6.07) is -0.273. The number of carbonyl (C=O) groups excluding carboxylic acids is 2. The first kappa shape index (κ1) is 19.0. The highest BCUT2D eigenvalue weighted by Gasteiger charge is 2.41. The molecule has 0 saturated heterocycles. The molecule has 1 aliphatic rings. The molecular formula is C14H18F3NO5. The molecule has 9 heteroatoms. The largest absolute Gasteiger partial charge is 0.504 e. The fraction of sp³-hybridized carbons (Fsp3) is 0.643. The molecule has 1 rings (SSSR count). The Hall–Kier alpha value is -2.06. The molecule has 0 unspecified atom stereocenters. The maximum atomic E-state index is 12.8. The zero-order valence-electron chi connectivity index (χ0n) is 12.8.